The van der Waals surface area contributed by atoms with E-state index < -0.39 is 0 Å². The quantitative estimate of drug-likeness (QED) is 0.736. The minimum absolute atomic E-state index is 0.587. The van der Waals surface area contributed by atoms with Crippen molar-refractivity contribution < 1.29 is 0 Å². The van der Waals surface area contributed by atoms with Crippen molar-refractivity contribution in [1.29, 1.82) is 0 Å². The monoisotopic (exact) mass is 265 g/mol. The minimum Gasteiger partial charge on any atom is -0.309 e. The van der Waals surface area contributed by atoms with E-state index in [2.05, 4.69) is 55.8 Å². The maximum Gasteiger partial charge on any atom is 0.0625 e. The number of hydrogen-bond acceptors (Lipinski definition) is 2. The fourth-order valence-corrected chi connectivity index (χ4v) is 2.32. The van der Waals surface area contributed by atoms with E-state index in [1.54, 1.807) is 0 Å². The molecule has 0 radical (unpaired) electrons. The third kappa shape index (κ3) is 5.77. The van der Waals surface area contributed by atoms with Crippen LogP contribution in [0.2, 0.25) is 0 Å². The molecule has 0 fully saturated rings. The van der Waals surface area contributed by atoms with Gasteiger partial charge in [-0.2, -0.15) is 5.10 Å². The molecule has 0 aliphatic heterocycles. The number of hydrogen-bond donors (Lipinski definition) is 1. The van der Waals surface area contributed by atoms with Gasteiger partial charge in [-0.1, -0.05) is 33.6 Å². The Hall–Kier alpha value is -0.830. The Kier molecular flexibility index (Phi) is 7.14. The molecule has 0 saturated heterocycles. The van der Waals surface area contributed by atoms with Crippen molar-refractivity contribution in [2.45, 2.75) is 79.4 Å². The maximum absolute atomic E-state index is 4.59. The Balaban J connectivity index is 2.36. The van der Waals surface area contributed by atoms with Crippen LogP contribution in [0.4, 0.5) is 0 Å². The normalized spacial score (nSPS) is 13.2. The third-order valence-corrected chi connectivity index (χ3v) is 3.63. The summed E-state index contributed by atoms with van der Waals surface area (Å²) < 4.78 is 2.12. The fraction of sp³-hybridized carbons (Fsp3) is 0.812. The Labute approximate surface area is 118 Å². The van der Waals surface area contributed by atoms with Gasteiger partial charge in [0.05, 0.1) is 11.4 Å². The molecule has 0 aliphatic carbocycles. The van der Waals surface area contributed by atoms with E-state index >= 15 is 0 Å². The molecule has 0 bridgehead atoms. The van der Waals surface area contributed by atoms with Gasteiger partial charge in [0.2, 0.25) is 0 Å². The largest absolute Gasteiger partial charge is 0.309 e. The second-order valence-corrected chi connectivity index (χ2v) is 5.90. The molecule has 0 amide bonds. The topological polar surface area (TPSA) is 29.9 Å². The molecule has 1 N–H and O–H groups in total. The van der Waals surface area contributed by atoms with Crippen LogP contribution in [0.15, 0.2) is 6.07 Å². The smallest absolute Gasteiger partial charge is 0.0625 e. The summed E-state index contributed by atoms with van der Waals surface area (Å²) >= 11 is 0. The van der Waals surface area contributed by atoms with Gasteiger partial charge in [-0.25, -0.2) is 0 Å². The van der Waals surface area contributed by atoms with Gasteiger partial charge in [0.15, 0.2) is 0 Å². The maximum atomic E-state index is 4.59. The molecule has 1 rings (SSSR count). The molecule has 1 heterocycles. The minimum atomic E-state index is 0.587. The first kappa shape index (κ1) is 16.2. The highest BCUT2D eigenvalue weighted by Gasteiger charge is 2.07. The highest BCUT2D eigenvalue weighted by atomic mass is 15.3. The van der Waals surface area contributed by atoms with Crippen molar-refractivity contribution in [3.8, 4) is 0 Å². The Morgan fingerprint density at radius 2 is 1.95 bits per heavy atom. The van der Waals surface area contributed by atoms with Crippen LogP contribution < -0.4 is 5.32 Å². The summed E-state index contributed by atoms with van der Waals surface area (Å²) in [6.45, 7) is 13.1. The summed E-state index contributed by atoms with van der Waals surface area (Å²) in [6, 6.07) is 2.82. The second-order valence-electron chi connectivity index (χ2n) is 5.90. The van der Waals surface area contributed by atoms with Crippen molar-refractivity contribution in [3.05, 3.63) is 17.5 Å². The van der Waals surface area contributed by atoms with Crippen LogP contribution in [0.25, 0.3) is 0 Å². The van der Waals surface area contributed by atoms with Crippen LogP contribution in [0.1, 0.15) is 65.3 Å². The number of rotatable bonds is 9. The fourth-order valence-electron chi connectivity index (χ4n) is 2.32. The molecule has 0 aliphatic rings. The summed E-state index contributed by atoms with van der Waals surface area (Å²) in [7, 11) is 0. The molecular formula is C16H31N3. The van der Waals surface area contributed by atoms with Crippen LogP contribution in [0.5, 0.6) is 0 Å². The highest BCUT2D eigenvalue weighted by Crippen LogP contribution is 2.10. The van der Waals surface area contributed by atoms with E-state index in [1.807, 2.05) is 0 Å². The van der Waals surface area contributed by atoms with Gasteiger partial charge in [0, 0.05) is 19.1 Å². The molecule has 0 saturated carbocycles. The Morgan fingerprint density at radius 1 is 1.21 bits per heavy atom. The van der Waals surface area contributed by atoms with Crippen molar-refractivity contribution in [2.24, 2.45) is 5.92 Å². The average molecular weight is 265 g/mol. The molecule has 1 aromatic heterocycles. The van der Waals surface area contributed by atoms with E-state index in [1.165, 1.54) is 30.7 Å². The van der Waals surface area contributed by atoms with Gasteiger partial charge in [0.25, 0.3) is 0 Å². The van der Waals surface area contributed by atoms with Crippen LogP contribution >= 0.6 is 0 Å². The van der Waals surface area contributed by atoms with Crippen molar-refractivity contribution >= 4 is 0 Å². The van der Waals surface area contributed by atoms with Crippen molar-refractivity contribution in [1.82, 2.24) is 15.1 Å². The summed E-state index contributed by atoms with van der Waals surface area (Å²) in [5, 5.41) is 8.21. The summed E-state index contributed by atoms with van der Waals surface area (Å²) in [6.07, 6.45) is 4.93. The predicted octanol–water partition coefficient (Wildman–Crippen LogP) is 3.77. The first-order valence-electron chi connectivity index (χ1n) is 7.85. The molecule has 0 spiro atoms. The molecule has 1 atom stereocenters. The SMILES string of the molecule is CCc1cc(CNC(C)CCCC(C)C)n(CC)n1. The first-order valence-corrected chi connectivity index (χ1v) is 7.85. The molecule has 3 heteroatoms. The lowest BCUT2D eigenvalue weighted by Gasteiger charge is -2.14. The standard InChI is InChI=1S/C16H31N3/c1-6-15-11-16(19(7-2)18-15)12-17-14(5)10-8-9-13(3)4/h11,13-14,17H,6-10,12H2,1-5H3. The zero-order valence-electron chi connectivity index (χ0n) is 13.4. The highest BCUT2D eigenvalue weighted by molar-refractivity contribution is 5.10. The summed E-state index contributed by atoms with van der Waals surface area (Å²) in [4.78, 5) is 0. The number of nitrogens with zero attached hydrogens (tertiary/aromatic N) is 2. The van der Waals surface area contributed by atoms with E-state index in [9.17, 15) is 0 Å². The number of aromatic nitrogens is 2. The molecule has 0 aromatic carbocycles. The van der Waals surface area contributed by atoms with E-state index in [4.69, 9.17) is 0 Å². The Morgan fingerprint density at radius 3 is 2.53 bits per heavy atom. The van der Waals surface area contributed by atoms with Gasteiger partial charge < -0.3 is 5.32 Å². The molecule has 3 nitrogen and oxygen atoms in total. The number of aryl methyl sites for hydroxylation is 2. The molecule has 110 valence electrons. The molecule has 1 unspecified atom stereocenters. The van der Waals surface area contributed by atoms with E-state index in [-0.39, 0.29) is 0 Å². The number of nitrogens with one attached hydrogen (secondary N) is 1. The van der Waals surface area contributed by atoms with E-state index in [0.29, 0.717) is 6.04 Å². The van der Waals surface area contributed by atoms with Crippen LogP contribution in [-0.4, -0.2) is 15.8 Å². The van der Waals surface area contributed by atoms with Gasteiger partial charge in [-0.3, -0.25) is 4.68 Å². The van der Waals surface area contributed by atoms with Crippen molar-refractivity contribution in [2.75, 3.05) is 0 Å². The lowest BCUT2D eigenvalue weighted by Crippen LogP contribution is -2.26. The molecule has 1 aromatic rings. The first-order chi connectivity index (χ1) is 9.06. The molecular weight excluding hydrogens is 234 g/mol. The Bertz CT molecular complexity index is 355. The third-order valence-electron chi connectivity index (χ3n) is 3.63. The second kappa shape index (κ2) is 8.36. The van der Waals surface area contributed by atoms with Crippen LogP contribution in [0.3, 0.4) is 0 Å². The molecule has 19 heavy (non-hydrogen) atoms. The van der Waals surface area contributed by atoms with Crippen molar-refractivity contribution in [3.63, 3.8) is 0 Å². The summed E-state index contributed by atoms with van der Waals surface area (Å²) in [5.74, 6) is 0.820. The van der Waals surface area contributed by atoms with Gasteiger partial charge in [-0.05, 0) is 38.7 Å². The average Bonchev–Trinajstić information content (AvgIpc) is 2.78. The van der Waals surface area contributed by atoms with Gasteiger partial charge >= 0.3 is 0 Å². The zero-order chi connectivity index (χ0) is 14.3. The van der Waals surface area contributed by atoms with Gasteiger partial charge in [-0.15, -0.1) is 0 Å². The zero-order valence-corrected chi connectivity index (χ0v) is 13.4. The van der Waals surface area contributed by atoms with Crippen LogP contribution in [0, 0.1) is 5.92 Å². The van der Waals surface area contributed by atoms with E-state index in [0.717, 1.165) is 25.4 Å². The lowest BCUT2D eigenvalue weighted by molar-refractivity contribution is 0.448. The lowest BCUT2D eigenvalue weighted by atomic mass is 10.0. The summed E-state index contributed by atoms with van der Waals surface area (Å²) in [5.41, 5.74) is 2.51. The van der Waals surface area contributed by atoms with Gasteiger partial charge in [0.1, 0.15) is 0 Å². The predicted molar refractivity (Wildman–Crippen MR) is 82.3 cm³/mol. The van der Waals surface area contributed by atoms with Crippen LogP contribution in [-0.2, 0) is 19.5 Å².